The molecule has 1 aliphatic carbocycles. The Kier molecular flexibility index (Phi) is 5.63. The minimum absolute atomic E-state index is 0.00798. The van der Waals surface area contributed by atoms with Crippen LogP contribution in [0.5, 0.6) is 0 Å². The Labute approximate surface area is 115 Å². The van der Waals surface area contributed by atoms with Crippen molar-refractivity contribution in [3.05, 3.63) is 0 Å². The van der Waals surface area contributed by atoms with Gasteiger partial charge in [-0.25, -0.2) is 0 Å². The number of hydrogen-bond acceptors (Lipinski definition) is 3. The summed E-state index contributed by atoms with van der Waals surface area (Å²) < 4.78 is 0. The summed E-state index contributed by atoms with van der Waals surface area (Å²) >= 11 is 0. The second-order valence-electron chi connectivity index (χ2n) is 5.58. The van der Waals surface area contributed by atoms with E-state index in [1.807, 2.05) is 13.8 Å². The zero-order valence-electron chi connectivity index (χ0n) is 12.3. The smallest absolute Gasteiger partial charge is 0.234 e. The number of hydrogen-bond donors (Lipinski definition) is 3. The highest BCUT2D eigenvalue weighted by Crippen LogP contribution is 2.30. The van der Waals surface area contributed by atoms with Crippen molar-refractivity contribution < 1.29 is 10.0 Å². The molecule has 1 unspecified atom stereocenters. The molecule has 1 fully saturated rings. The Morgan fingerprint density at radius 1 is 1.42 bits per heavy atom. The highest BCUT2D eigenvalue weighted by atomic mass is 16.4. The van der Waals surface area contributed by atoms with Crippen LogP contribution >= 0.6 is 0 Å². The summed E-state index contributed by atoms with van der Waals surface area (Å²) in [7, 11) is 0. The summed E-state index contributed by atoms with van der Waals surface area (Å²) in [6, 6.07) is 0.152. The molecule has 1 saturated carbocycles. The number of amidine groups is 1. The zero-order chi connectivity index (χ0) is 14.5. The van der Waals surface area contributed by atoms with E-state index in [4.69, 9.17) is 10.9 Å². The molecule has 0 bridgehead atoms. The van der Waals surface area contributed by atoms with Crippen LogP contribution in [0.4, 0.5) is 0 Å². The molecule has 1 amide bonds. The highest BCUT2D eigenvalue weighted by molar-refractivity contribution is 6.06. The van der Waals surface area contributed by atoms with Crippen LogP contribution < -0.4 is 11.1 Å². The van der Waals surface area contributed by atoms with Gasteiger partial charge in [0.05, 0.1) is 0 Å². The lowest BCUT2D eigenvalue weighted by molar-refractivity contribution is -0.129. The molecule has 1 atom stereocenters. The number of nitrogens with two attached hydrogens (primary N) is 1. The van der Waals surface area contributed by atoms with Crippen LogP contribution in [0, 0.1) is 11.3 Å². The minimum atomic E-state index is -0.887. The topological polar surface area (TPSA) is 87.7 Å². The van der Waals surface area contributed by atoms with Crippen LogP contribution in [-0.4, -0.2) is 23.0 Å². The van der Waals surface area contributed by atoms with Crippen LogP contribution in [-0.2, 0) is 4.79 Å². The normalized spacial score (nSPS) is 19.4. The SMILES string of the molecule is CCC(CC)(C(=O)NC(C)C1CCCC1)C(N)=NO. The van der Waals surface area contributed by atoms with E-state index in [2.05, 4.69) is 17.4 Å². The van der Waals surface area contributed by atoms with Gasteiger partial charge in [0.1, 0.15) is 5.41 Å². The molecule has 0 radical (unpaired) electrons. The number of amides is 1. The van der Waals surface area contributed by atoms with Crippen molar-refractivity contribution in [1.82, 2.24) is 5.32 Å². The maximum absolute atomic E-state index is 12.5. The molecule has 110 valence electrons. The molecule has 1 aliphatic rings. The van der Waals surface area contributed by atoms with E-state index in [1.165, 1.54) is 25.7 Å². The molecule has 0 aromatic heterocycles. The van der Waals surface area contributed by atoms with Gasteiger partial charge in [0, 0.05) is 6.04 Å². The van der Waals surface area contributed by atoms with Crippen molar-refractivity contribution in [3.63, 3.8) is 0 Å². The molecule has 0 heterocycles. The Morgan fingerprint density at radius 3 is 2.37 bits per heavy atom. The number of rotatable bonds is 6. The van der Waals surface area contributed by atoms with Gasteiger partial charge in [-0.2, -0.15) is 0 Å². The van der Waals surface area contributed by atoms with E-state index in [0.29, 0.717) is 18.8 Å². The van der Waals surface area contributed by atoms with E-state index >= 15 is 0 Å². The van der Waals surface area contributed by atoms with Gasteiger partial charge in [-0.05, 0) is 38.5 Å². The molecular weight excluding hydrogens is 242 g/mol. The van der Waals surface area contributed by atoms with Crippen molar-refractivity contribution in [2.24, 2.45) is 22.2 Å². The van der Waals surface area contributed by atoms with Crippen molar-refractivity contribution in [3.8, 4) is 0 Å². The lowest BCUT2D eigenvalue weighted by Crippen LogP contribution is -2.52. The standard InChI is InChI=1S/C14H27N3O2/c1-4-14(5-2,12(15)17-19)13(18)16-10(3)11-8-6-7-9-11/h10-11,19H,4-9H2,1-3H3,(H2,15,17)(H,16,18). The molecule has 19 heavy (non-hydrogen) atoms. The van der Waals surface area contributed by atoms with Gasteiger partial charge in [-0.1, -0.05) is 31.8 Å². The molecule has 0 spiro atoms. The fourth-order valence-corrected chi connectivity index (χ4v) is 3.07. The van der Waals surface area contributed by atoms with Gasteiger partial charge >= 0.3 is 0 Å². The third-order valence-electron chi connectivity index (χ3n) is 4.71. The largest absolute Gasteiger partial charge is 0.409 e. The van der Waals surface area contributed by atoms with Crippen LogP contribution in [0.15, 0.2) is 5.16 Å². The quantitative estimate of drug-likeness (QED) is 0.299. The third-order valence-corrected chi connectivity index (χ3v) is 4.71. The first-order chi connectivity index (χ1) is 9.01. The Morgan fingerprint density at radius 2 is 1.95 bits per heavy atom. The average molecular weight is 269 g/mol. The van der Waals surface area contributed by atoms with E-state index < -0.39 is 5.41 Å². The molecule has 1 rings (SSSR count). The van der Waals surface area contributed by atoms with Gasteiger partial charge in [0.15, 0.2) is 5.84 Å². The molecule has 0 aromatic rings. The van der Waals surface area contributed by atoms with E-state index in [0.717, 1.165) is 0 Å². The fraction of sp³-hybridized carbons (Fsp3) is 0.857. The maximum atomic E-state index is 12.5. The monoisotopic (exact) mass is 269 g/mol. The van der Waals surface area contributed by atoms with Crippen molar-refractivity contribution >= 4 is 11.7 Å². The van der Waals surface area contributed by atoms with E-state index in [9.17, 15) is 4.79 Å². The van der Waals surface area contributed by atoms with Crippen LogP contribution in [0.2, 0.25) is 0 Å². The number of carbonyl (C=O) groups excluding carboxylic acids is 1. The van der Waals surface area contributed by atoms with Crippen molar-refractivity contribution in [2.45, 2.75) is 65.3 Å². The molecule has 0 aromatic carbocycles. The predicted octanol–water partition coefficient (Wildman–Crippen LogP) is 2.23. The Bertz CT molecular complexity index is 332. The molecule has 4 N–H and O–H groups in total. The van der Waals surface area contributed by atoms with Gasteiger partial charge in [-0.15, -0.1) is 0 Å². The predicted molar refractivity (Wildman–Crippen MR) is 76.0 cm³/mol. The molecular formula is C14H27N3O2. The maximum Gasteiger partial charge on any atom is 0.234 e. The Hall–Kier alpha value is -1.26. The third kappa shape index (κ3) is 3.19. The number of nitrogens with one attached hydrogen (secondary N) is 1. The molecule has 0 aliphatic heterocycles. The van der Waals surface area contributed by atoms with Gasteiger partial charge < -0.3 is 16.3 Å². The van der Waals surface area contributed by atoms with Gasteiger partial charge in [-0.3, -0.25) is 4.79 Å². The first kappa shape index (κ1) is 15.8. The van der Waals surface area contributed by atoms with Crippen LogP contribution in [0.1, 0.15) is 59.3 Å². The molecule has 5 heteroatoms. The zero-order valence-corrected chi connectivity index (χ0v) is 12.3. The number of carbonyl (C=O) groups is 1. The first-order valence-corrected chi connectivity index (χ1v) is 7.30. The summed E-state index contributed by atoms with van der Waals surface area (Å²) in [5.74, 6) is 0.448. The lowest BCUT2D eigenvalue weighted by atomic mass is 9.79. The first-order valence-electron chi connectivity index (χ1n) is 7.30. The lowest BCUT2D eigenvalue weighted by Gasteiger charge is -2.31. The van der Waals surface area contributed by atoms with Crippen LogP contribution in [0.3, 0.4) is 0 Å². The minimum Gasteiger partial charge on any atom is -0.409 e. The summed E-state index contributed by atoms with van der Waals surface area (Å²) in [6.07, 6.45) is 5.91. The van der Waals surface area contributed by atoms with Crippen molar-refractivity contribution in [1.29, 1.82) is 0 Å². The molecule has 0 saturated heterocycles. The highest BCUT2D eigenvalue weighted by Gasteiger charge is 2.40. The van der Waals surface area contributed by atoms with Crippen LogP contribution in [0.25, 0.3) is 0 Å². The second-order valence-corrected chi connectivity index (χ2v) is 5.58. The average Bonchev–Trinajstić information content (AvgIpc) is 2.94. The second kappa shape index (κ2) is 6.78. The number of nitrogens with zero attached hydrogens (tertiary/aromatic N) is 1. The summed E-state index contributed by atoms with van der Waals surface area (Å²) in [4.78, 5) is 12.5. The Balaban J connectivity index is 2.77. The van der Waals surface area contributed by atoms with E-state index in [1.54, 1.807) is 0 Å². The fourth-order valence-electron chi connectivity index (χ4n) is 3.07. The van der Waals surface area contributed by atoms with Gasteiger partial charge in [0.25, 0.3) is 0 Å². The van der Waals surface area contributed by atoms with Gasteiger partial charge in [0.2, 0.25) is 5.91 Å². The summed E-state index contributed by atoms with van der Waals surface area (Å²) in [5.41, 5.74) is 4.86. The van der Waals surface area contributed by atoms with Crippen molar-refractivity contribution in [2.75, 3.05) is 0 Å². The van der Waals surface area contributed by atoms with E-state index in [-0.39, 0.29) is 17.8 Å². The summed E-state index contributed by atoms with van der Waals surface area (Å²) in [5, 5.41) is 15.0. The molecule has 5 nitrogen and oxygen atoms in total. The number of oxime groups is 1. The summed E-state index contributed by atoms with van der Waals surface area (Å²) in [6.45, 7) is 5.83.